The summed E-state index contributed by atoms with van der Waals surface area (Å²) in [5, 5.41) is 13.1. The largest absolute Gasteiger partial charge is 0.393 e. The number of hydrogen-bond donors (Lipinski definition) is 2. The van der Waals surface area contributed by atoms with Crippen molar-refractivity contribution in [2.75, 3.05) is 19.8 Å². The molecule has 0 amide bonds. The summed E-state index contributed by atoms with van der Waals surface area (Å²) in [6.45, 7) is 2.57. The van der Waals surface area contributed by atoms with Gasteiger partial charge in [-0.1, -0.05) is 0 Å². The summed E-state index contributed by atoms with van der Waals surface area (Å²) in [7, 11) is 0. The first-order valence-electron chi connectivity index (χ1n) is 4.87. The van der Waals surface area contributed by atoms with Crippen molar-refractivity contribution in [1.29, 1.82) is 0 Å². The second-order valence-corrected chi connectivity index (χ2v) is 3.80. The highest BCUT2D eigenvalue weighted by molar-refractivity contribution is 4.87. The van der Waals surface area contributed by atoms with Crippen LogP contribution >= 0.6 is 0 Å². The number of hydrogen-bond acceptors (Lipinski definition) is 3. The summed E-state index contributed by atoms with van der Waals surface area (Å²) in [6, 6.07) is 0.500. The smallest absolute Gasteiger partial charge is 0.0627 e. The van der Waals surface area contributed by atoms with Crippen LogP contribution in [0.25, 0.3) is 0 Å². The Bertz CT molecular complexity index is 145. The number of aliphatic hydroxyl groups excluding tert-OH is 1. The molecule has 0 aromatic heterocycles. The zero-order valence-corrected chi connectivity index (χ0v) is 7.33. The molecular weight excluding hydrogens is 154 g/mol. The predicted molar refractivity (Wildman–Crippen MR) is 46.0 cm³/mol. The molecule has 3 atom stereocenters. The van der Waals surface area contributed by atoms with Crippen molar-refractivity contribution in [2.45, 2.75) is 31.4 Å². The standard InChI is InChI=1S/C9H17NO2/c11-9-3-5-12-6-7(9)8-2-1-4-10-8/h7-11H,1-6H2/t7-,8+,9-/m1/s1. The minimum absolute atomic E-state index is 0.144. The van der Waals surface area contributed by atoms with Crippen LogP contribution in [0.1, 0.15) is 19.3 Å². The van der Waals surface area contributed by atoms with Gasteiger partial charge in [0.1, 0.15) is 0 Å². The predicted octanol–water partition coefficient (Wildman–Crippen LogP) is 0.136. The zero-order chi connectivity index (χ0) is 8.39. The monoisotopic (exact) mass is 171 g/mol. The minimum Gasteiger partial charge on any atom is -0.393 e. The van der Waals surface area contributed by atoms with E-state index in [0.29, 0.717) is 12.0 Å². The molecule has 0 saturated carbocycles. The molecule has 12 heavy (non-hydrogen) atoms. The Balaban J connectivity index is 1.91. The molecule has 2 rings (SSSR count). The van der Waals surface area contributed by atoms with E-state index in [2.05, 4.69) is 5.32 Å². The van der Waals surface area contributed by atoms with Gasteiger partial charge in [-0.05, 0) is 25.8 Å². The van der Waals surface area contributed by atoms with Gasteiger partial charge in [-0.15, -0.1) is 0 Å². The zero-order valence-electron chi connectivity index (χ0n) is 7.33. The Labute approximate surface area is 73.1 Å². The molecule has 0 radical (unpaired) electrons. The summed E-state index contributed by atoms with van der Waals surface area (Å²) in [4.78, 5) is 0. The van der Waals surface area contributed by atoms with Crippen LogP contribution in [0.3, 0.4) is 0 Å². The van der Waals surface area contributed by atoms with Crippen LogP contribution in [-0.4, -0.2) is 37.0 Å². The molecule has 0 bridgehead atoms. The Morgan fingerprint density at radius 2 is 2.25 bits per heavy atom. The first kappa shape index (κ1) is 8.48. The molecule has 2 saturated heterocycles. The molecule has 2 fully saturated rings. The maximum Gasteiger partial charge on any atom is 0.0627 e. The van der Waals surface area contributed by atoms with E-state index in [4.69, 9.17) is 4.74 Å². The van der Waals surface area contributed by atoms with Crippen LogP contribution in [-0.2, 0) is 4.74 Å². The molecule has 2 aliphatic heterocycles. The lowest BCUT2D eigenvalue weighted by Gasteiger charge is -2.32. The Kier molecular flexibility index (Phi) is 2.63. The number of aliphatic hydroxyl groups is 1. The van der Waals surface area contributed by atoms with Crippen molar-refractivity contribution in [3.05, 3.63) is 0 Å². The van der Waals surface area contributed by atoms with Crippen molar-refractivity contribution in [2.24, 2.45) is 5.92 Å². The van der Waals surface area contributed by atoms with Crippen LogP contribution in [0.5, 0.6) is 0 Å². The Hall–Kier alpha value is -0.120. The fraction of sp³-hybridized carbons (Fsp3) is 1.00. The van der Waals surface area contributed by atoms with E-state index < -0.39 is 0 Å². The van der Waals surface area contributed by atoms with Gasteiger partial charge in [0.15, 0.2) is 0 Å². The number of rotatable bonds is 1. The van der Waals surface area contributed by atoms with Gasteiger partial charge in [-0.25, -0.2) is 0 Å². The molecule has 0 aromatic rings. The van der Waals surface area contributed by atoms with Gasteiger partial charge in [0.25, 0.3) is 0 Å². The fourth-order valence-corrected chi connectivity index (χ4v) is 2.21. The molecule has 2 aliphatic rings. The third-order valence-corrected chi connectivity index (χ3v) is 2.98. The van der Waals surface area contributed by atoms with Crippen molar-refractivity contribution in [1.82, 2.24) is 5.32 Å². The van der Waals surface area contributed by atoms with Gasteiger partial charge in [-0.3, -0.25) is 0 Å². The highest BCUT2D eigenvalue weighted by Crippen LogP contribution is 2.23. The molecule has 3 heteroatoms. The normalized spacial score (nSPS) is 43.2. The van der Waals surface area contributed by atoms with E-state index in [-0.39, 0.29) is 6.10 Å². The van der Waals surface area contributed by atoms with Gasteiger partial charge in [0.05, 0.1) is 12.7 Å². The second kappa shape index (κ2) is 3.73. The SMILES string of the molecule is O[C@@H]1CCOC[C@@H]1[C@@H]1CCCN1. The summed E-state index contributed by atoms with van der Waals surface area (Å²) in [5.74, 6) is 0.334. The molecular formula is C9H17NO2. The van der Waals surface area contributed by atoms with Crippen molar-refractivity contribution >= 4 is 0 Å². The van der Waals surface area contributed by atoms with E-state index in [9.17, 15) is 5.11 Å². The number of ether oxygens (including phenoxy) is 1. The van der Waals surface area contributed by atoms with E-state index >= 15 is 0 Å². The summed E-state index contributed by atoms with van der Waals surface area (Å²) >= 11 is 0. The quantitative estimate of drug-likeness (QED) is 0.589. The Morgan fingerprint density at radius 1 is 1.33 bits per heavy atom. The fourth-order valence-electron chi connectivity index (χ4n) is 2.21. The summed E-state index contributed by atoms with van der Waals surface area (Å²) in [5.41, 5.74) is 0. The van der Waals surface area contributed by atoms with Gasteiger partial charge in [0.2, 0.25) is 0 Å². The van der Waals surface area contributed by atoms with Crippen LogP contribution in [0.15, 0.2) is 0 Å². The second-order valence-electron chi connectivity index (χ2n) is 3.80. The van der Waals surface area contributed by atoms with Gasteiger partial charge < -0.3 is 15.2 Å². The molecule has 0 unspecified atom stereocenters. The van der Waals surface area contributed by atoms with E-state index in [0.717, 1.165) is 26.2 Å². The van der Waals surface area contributed by atoms with E-state index in [1.54, 1.807) is 0 Å². The molecule has 0 spiro atoms. The average molecular weight is 171 g/mol. The summed E-state index contributed by atoms with van der Waals surface area (Å²) in [6.07, 6.45) is 3.11. The molecule has 3 nitrogen and oxygen atoms in total. The van der Waals surface area contributed by atoms with E-state index in [1.165, 1.54) is 12.8 Å². The van der Waals surface area contributed by atoms with Crippen LogP contribution < -0.4 is 5.32 Å². The lowest BCUT2D eigenvalue weighted by Crippen LogP contribution is -2.44. The average Bonchev–Trinajstić information content (AvgIpc) is 2.57. The maximum atomic E-state index is 9.71. The maximum absolute atomic E-state index is 9.71. The third-order valence-electron chi connectivity index (χ3n) is 2.98. The van der Waals surface area contributed by atoms with Gasteiger partial charge in [0, 0.05) is 18.6 Å². The van der Waals surface area contributed by atoms with Gasteiger partial charge >= 0.3 is 0 Å². The van der Waals surface area contributed by atoms with Crippen molar-refractivity contribution in [3.8, 4) is 0 Å². The first-order valence-corrected chi connectivity index (χ1v) is 4.87. The van der Waals surface area contributed by atoms with Crippen LogP contribution in [0, 0.1) is 5.92 Å². The molecule has 0 aromatic carbocycles. The van der Waals surface area contributed by atoms with Gasteiger partial charge in [-0.2, -0.15) is 0 Å². The first-order chi connectivity index (χ1) is 5.88. The highest BCUT2D eigenvalue weighted by atomic mass is 16.5. The van der Waals surface area contributed by atoms with Crippen molar-refractivity contribution in [3.63, 3.8) is 0 Å². The molecule has 2 N–H and O–H groups in total. The lowest BCUT2D eigenvalue weighted by molar-refractivity contribution is -0.0466. The van der Waals surface area contributed by atoms with Crippen molar-refractivity contribution < 1.29 is 9.84 Å². The Morgan fingerprint density at radius 3 is 2.92 bits per heavy atom. The van der Waals surface area contributed by atoms with Crippen LogP contribution in [0.4, 0.5) is 0 Å². The molecule has 0 aliphatic carbocycles. The minimum atomic E-state index is -0.144. The third kappa shape index (κ3) is 1.63. The van der Waals surface area contributed by atoms with E-state index in [1.807, 2.05) is 0 Å². The highest BCUT2D eigenvalue weighted by Gasteiger charge is 2.32. The lowest BCUT2D eigenvalue weighted by atomic mass is 9.90. The molecule has 2 heterocycles. The number of nitrogens with one attached hydrogen (secondary N) is 1. The molecule has 70 valence electrons. The topological polar surface area (TPSA) is 41.5 Å². The summed E-state index contributed by atoms with van der Waals surface area (Å²) < 4.78 is 5.36. The van der Waals surface area contributed by atoms with Crippen LogP contribution in [0.2, 0.25) is 0 Å².